The van der Waals surface area contributed by atoms with Crippen molar-refractivity contribution < 1.29 is 19.4 Å². The first kappa shape index (κ1) is 12.5. The molecule has 1 N–H and O–H groups in total. The van der Waals surface area contributed by atoms with Crippen LogP contribution in [-0.4, -0.2) is 38.8 Å². The maximum absolute atomic E-state index is 10.9. The average Bonchev–Trinajstić information content (AvgIpc) is 2.80. The van der Waals surface area contributed by atoms with Crippen molar-refractivity contribution in [1.82, 2.24) is 15.0 Å². The molecule has 1 aromatic heterocycles. The summed E-state index contributed by atoms with van der Waals surface area (Å²) in [7, 11) is 0. The zero-order valence-electron chi connectivity index (χ0n) is 10.8. The van der Waals surface area contributed by atoms with E-state index in [2.05, 4.69) is 10.3 Å². The molecule has 1 aliphatic heterocycles. The van der Waals surface area contributed by atoms with Crippen molar-refractivity contribution in [3.05, 3.63) is 35.7 Å². The summed E-state index contributed by atoms with van der Waals surface area (Å²) in [5.74, 6) is 0.310. The predicted molar refractivity (Wildman–Crippen MR) is 68.1 cm³/mol. The number of rotatable bonds is 3. The highest BCUT2D eigenvalue weighted by Crippen LogP contribution is 2.31. The van der Waals surface area contributed by atoms with Gasteiger partial charge in [0.05, 0.1) is 12.2 Å². The van der Waals surface area contributed by atoms with Gasteiger partial charge in [0, 0.05) is 0 Å². The molecule has 1 aliphatic rings. The topological polar surface area (TPSA) is 86.5 Å². The van der Waals surface area contributed by atoms with E-state index >= 15 is 0 Å². The molecule has 0 fully saturated rings. The van der Waals surface area contributed by atoms with Gasteiger partial charge in [-0.15, -0.1) is 5.10 Å². The third-order valence-corrected chi connectivity index (χ3v) is 3.13. The van der Waals surface area contributed by atoms with Crippen LogP contribution in [0, 0.1) is 6.92 Å². The number of nitrogens with zero attached hydrogens (tertiary/aromatic N) is 3. The largest absolute Gasteiger partial charge is 0.486 e. The standard InChI is InChI=1S/C13H13N3O4/c1-8-12(13(17)18)14-15-16(8)6-9-7-19-10-4-2-3-5-11(10)20-9/h2-5,9H,6-7H2,1H3,(H,17,18). The smallest absolute Gasteiger partial charge is 0.358 e. The minimum absolute atomic E-state index is 0.0397. The summed E-state index contributed by atoms with van der Waals surface area (Å²) in [6.07, 6.45) is -0.230. The van der Waals surface area contributed by atoms with Gasteiger partial charge in [-0.3, -0.25) is 0 Å². The molecule has 104 valence electrons. The molecular weight excluding hydrogens is 262 g/mol. The Morgan fingerprint density at radius 2 is 2.20 bits per heavy atom. The molecule has 7 nitrogen and oxygen atoms in total. The monoisotopic (exact) mass is 275 g/mol. The summed E-state index contributed by atoms with van der Waals surface area (Å²) < 4.78 is 12.9. The number of fused-ring (bicyclic) bond motifs is 1. The van der Waals surface area contributed by atoms with Crippen LogP contribution >= 0.6 is 0 Å². The van der Waals surface area contributed by atoms with Gasteiger partial charge < -0.3 is 14.6 Å². The molecule has 1 aromatic carbocycles. The second-order valence-corrected chi connectivity index (χ2v) is 4.51. The Hall–Kier alpha value is -2.57. The van der Waals surface area contributed by atoms with E-state index in [-0.39, 0.29) is 11.8 Å². The van der Waals surface area contributed by atoms with Gasteiger partial charge in [0.25, 0.3) is 0 Å². The first-order chi connectivity index (χ1) is 9.65. The normalized spacial score (nSPS) is 16.9. The fourth-order valence-corrected chi connectivity index (χ4v) is 2.08. The Balaban J connectivity index is 1.75. The number of ether oxygens (including phenoxy) is 2. The van der Waals surface area contributed by atoms with Gasteiger partial charge in [-0.1, -0.05) is 17.3 Å². The lowest BCUT2D eigenvalue weighted by Crippen LogP contribution is -2.33. The number of benzene rings is 1. The Bertz CT molecular complexity index is 653. The van der Waals surface area contributed by atoms with Gasteiger partial charge in [0.1, 0.15) is 6.61 Å². The van der Waals surface area contributed by atoms with Crippen molar-refractivity contribution in [3.63, 3.8) is 0 Å². The molecule has 2 aromatic rings. The van der Waals surface area contributed by atoms with Crippen molar-refractivity contribution in [2.45, 2.75) is 19.6 Å². The van der Waals surface area contributed by atoms with Crippen LogP contribution in [0.15, 0.2) is 24.3 Å². The van der Waals surface area contributed by atoms with E-state index in [1.807, 2.05) is 24.3 Å². The van der Waals surface area contributed by atoms with Crippen LogP contribution in [0.1, 0.15) is 16.2 Å². The number of aromatic carboxylic acids is 1. The van der Waals surface area contributed by atoms with E-state index in [0.717, 1.165) is 0 Å². The van der Waals surface area contributed by atoms with Gasteiger partial charge in [-0.25, -0.2) is 9.48 Å². The fraction of sp³-hybridized carbons (Fsp3) is 0.308. The molecule has 0 saturated heterocycles. The van der Waals surface area contributed by atoms with Gasteiger partial charge in [-0.05, 0) is 19.1 Å². The van der Waals surface area contributed by atoms with Gasteiger partial charge >= 0.3 is 5.97 Å². The molecule has 0 bridgehead atoms. The lowest BCUT2D eigenvalue weighted by Gasteiger charge is -2.26. The number of carboxylic acid groups (broad SMARTS) is 1. The number of hydrogen-bond acceptors (Lipinski definition) is 5. The molecule has 3 rings (SSSR count). The first-order valence-corrected chi connectivity index (χ1v) is 6.17. The zero-order valence-corrected chi connectivity index (χ0v) is 10.8. The van der Waals surface area contributed by atoms with E-state index in [0.29, 0.717) is 30.3 Å². The second-order valence-electron chi connectivity index (χ2n) is 4.51. The molecule has 0 aliphatic carbocycles. The lowest BCUT2D eigenvalue weighted by atomic mass is 10.2. The molecule has 7 heteroatoms. The fourth-order valence-electron chi connectivity index (χ4n) is 2.08. The molecule has 0 radical (unpaired) electrons. The minimum Gasteiger partial charge on any atom is -0.486 e. The minimum atomic E-state index is -1.08. The van der Waals surface area contributed by atoms with E-state index < -0.39 is 5.97 Å². The van der Waals surface area contributed by atoms with Crippen molar-refractivity contribution in [1.29, 1.82) is 0 Å². The third-order valence-electron chi connectivity index (χ3n) is 3.13. The second kappa shape index (κ2) is 4.84. The van der Waals surface area contributed by atoms with Crippen molar-refractivity contribution in [3.8, 4) is 11.5 Å². The van der Waals surface area contributed by atoms with Crippen molar-refractivity contribution in [2.24, 2.45) is 0 Å². The van der Waals surface area contributed by atoms with Gasteiger partial charge in [0.2, 0.25) is 0 Å². The van der Waals surface area contributed by atoms with E-state index in [1.54, 1.807) is 6.92 Å². The number of carbonyl (C=O) groups is 1. The maximum atomic E-state index is 10.9. The van der Waals surface area contributed by atoms with Crippen LogP contribution in [-0.2, 0) is 6.54 Å². The van der Waals surface area contributed by atoms with E-state index in [9.17, 15) is 4.79 Å². The van der Waals surface area contributed by atoms with E-state index in [4.69, 9.17) is 14.6 Å². The highest BCUT2D eigenvalue weighted by atomic mass is 16.6. The number of para-hydroxylation sites is 2. The summed E-state index contributed by atoms with van der Waals surface area (Å²) in [5.41, 5.74) is 0.460. The van der Waals surface area contributed by atoms with Crippen LogP contribution in [0.25, 0.3) is 0 Å². The van der Waals surface area contributed by atoms with Crippen LogP contribution in [0.3, 0.4) is 0 Å². The van der Waals surface area contributed by atoms with Crippen molar-refractivity contribution in [2.75, 3.05) is 6.61 Å². The summed E-state index contributed by atoms with van der Waals surface area (Å²) in [6.45, 7) is 2.44. The molecule has 0 spiro atoms. The van der Waals surface area contributed by atoms with Crippen LogP contribution in [0.5, 0.6) is 11.5 Å². The Labute approximate surface area is 114 Å². The quantitative estimate of drug-likeness (QED) is 0.903. The summed E-state index contributed by atoms with van der Waals surface area (Å²) >= 11 is 0. The highest BCUT2D eigenvalue weighted by Gasteiger charge is 2.23. The molecule has 1 atom stereocenters. The molecule has 20 heavy (non-hydrogen) atoms. The van der Waals surface area contributed by atoms with Crippen LogP contribution in [0.4, 0.5) is 0 Å². The molecule has 1 unspecified atom stereocenters. The molecule has 0 saturated carbocycles. The summed E-state index contributed by atoms with van der Waals surface area (Å²) in [5, 5.41) is 16.4. The molecular formula is C13H13N3O4. The SMILES string of the molecule is Cc1c(C(=O)O)nnn1CC1COc2ccccc2O1. The van der Waals surface area contributed by atoms with Gasteiger partial charge in [-0.2, -0.15) is 0 Å². The van der Waals surface area contributed by atoms with E-state index in [1.165, 1.54) is 4.68 Å². The number of hydrogen-bond donors (Lipinski definition) is 1. The van der Waals surface area contributed by atoms with Crippen LogP contribution in [0.2, 0.25) is 0 Å². The lowest BCUT2D eigenvalue weighted by molar-refractivity contribution is 0.0687. The Kier molecular flexibility index (Phi) is 3.02. The third kappa shape index (κ3) is 2.18. The maximum Gasteiger partial charge on any atom is 0.358 e. The Morgan fingerprint density at radius 3 is 2.90 bits per heavy atom. The predicted octanol–water partition coefficient (Wildman–Crippen LogP) is 1.12. The number of aromatic nitrogens is 3. The van der Waals surface area contributed by atoms with Gasteiger partial charge in [0.15, 0.2) is 23.3 Å². The summed E-state index contributed by atoms with van der Waals surface area (Å²) in [6, 6.07) is 7.42. The molecule has 0 amide bonds. The average molecular weight is 275 g/mol. The highest BCUT2D eigenvalue weighted by molar-refractivity contribution is 5.86. The van der Waals surface area contributed by atoms with Crippen LogP contribution < -0.4 is 9.47 Å². The molecule has 2 heterocycles. The Morgan fingerprint density at radius 1 is 1.45 bits per heavy atom. The first-order valence-electron chi connectivity index (χ1n) is 6.17. The van der Waals surface area contributed by atoms with Crippen molar-refractivity contribution >= 4 is 5.97 Å². The zero-order chi connectivity index (χ0) is 14.1. The summed E-state index contributed by atoms with van der Waals surface area (Å²) in [4.78, 5) is 10.9. The number of carboxylic acids is 1.